The summed E-state index contributed by atoms with van der Waals surface area (Å²) in [6, 6.07) is 3.65. The Labute approximate surface area is 106 Å². The van der Waals surface area contributed by atoms with Crippen LogP contribution in [0, 0.1) is 0 Å². The van der Waals surface area contributed by atoms with Gasteiger partial charge in [0.25, 0.3) is 0 Å². The molecule has 2 N–H and O–H groups in total. The second-order valence-corrected chi connectivity index (χ2v) is 4.87. The summed E-state index contributed by atoms with van der Waals surface area (Å²) in [5, 5.41) is 12.2. The molecular weight excluding hydrogens is 238 g/mol. The van der Waals surface area contributed by atoms with Gasteiger partial charge in [0.2, 0.25) is 5.76 Å². The fraction of sp³-hybridized carbons (Fsp3) is 0.583. The number of carboxylic acids is 1. The minimum absolute atomic E-state index is 0.00781. The lowest BCUT2D eigenvalue weighted by Gasteiger charge is -2.20. The zero-order valence-corrected chi connectivity index (χ0v) is 11.2. The molecule has 0 saturated carbocycles. The zero-order chi connectivity index (χ0) is 12.8. The number of furan rings is 1. The molecule has 1 aromatic heterocycles. The first kappa shape index (κ1) is 14.1. The van der Waals surface area contributed by atoms with E-state index < -0.39 is 5.97 Å². The highest BCUT2D eigenvalue weighted by Gasteiger charge is 2.16. The van der Waals surface area contributed by atoms with Crippen molar-refractivity contribution in [3.63, 3.8) is 0 Å². The van der Waals surface area contributed by atoms with Gasteiger partial charge in [0.05, 0.1) is 6.04 Å². The first-order valence-corrected chi connectivity index (χ1v) is 7.05. The predicted molar refractivity (Wildman–Crippen MR) is 69.7 cm³/mol. The Kier molecular flexibility index (Phi) is 5.58. The van der Waals surface area contributed by atoms with Gasteiger partial charge in [0.1, 0.15) is 5.76 Å². The maximum Gasteiger partial charge on any atom is 0.371 e. The van der Waals surface area contributed by atoms with Crippen LogP contribution in [0.15, 0.2) is 16.5 Å². The molecule has 0 spiro atoms. The average Bonchev–Trinajstić information content (AvgIpc) is 2.77. The summed E-state index contributed by atoms with van der Waals surface area (Å²) in [5.74, 6) is 0.668. The van der Waals surface area contributed by atoms with E-state index in [1.165, 1.54) is 6.07 Å². The van der Waals surface area contributed by atoms with Crippen molar-refractivity contribution < 1.29 is 14.3 Å². The largest absolute Gasteiger partial charge is 0.475 e. The van der Waals surface area contributed by atoms with Crippen molar-refractivity contribution >= 4 is 17.7 Å². The summed E-state index contributed by atoms with van der Waals surface area (Å²) < 4.78 is 5.26. The highest BCUT2D eigenvalue weighted by atomic mass is 32.2. The van der Waals surface area contributed by atoms with E-state index in [0.29, 0.717) is 11.8 Å². The van der Waals surface area contributed by atoms with Gasteiger partial charge >= 0.3 is 5.97 Å². The quantitative estimate of drug-likeness (QED) is 0.786. The SMILES string of the molecule is CCC(CSC)NC(C)c1ccc(C(=O)O)o1. The van der Waals surface area contributed by atoms with Gasteiger partial charge in [-0.3, -0.25) is 0 Å². The van der Waals surface area contributed by atoms with E-state index in [2.05, 4.69) is 18.5 Å². The molecule has 0 radical (unpaired) electrons. The second kappa shape index (κ2) is 6.71. The van der Waals surface area contributed by atoms with Gasteiger partial charge in [-0.15, -0.1) is 0 Å². The monoisotopic (exact) mass is 257 g/mol. The first-order chi connectivity index (χ1) is 8.08. The molecule has 0 saturated heterocycles. The summed E-state index contributed by atoms with van der Waals surface area (Å²) in [6.07, 6.45) is 3.11. The van der Waals surface area contributed by atoms with Crippen molar-refractivity contribution in [2.24, 2.45) is 0 Å². The molecule has 1 rings (SSSR count). The maximum atomic E-state index is 10.7. The number of nitrogens with one attached hydrogen (secondary N) is 1. The van der Waals surface area contributed by atoms with Crippen molar-refractivity contribution in [1.82, 2.24) is 5.32 Å². The third-order valence-electron chi connectivity index (χ3n) is 2.61. The Morgan fingerprint density at radius 1 is 1.59 bits per heavy atom. The molecule has 17 heavy (non-hydrogen) atoms. The molecule has 0 bridgehead atoms. The van der Waals surface area contributed by atoms with E-state index >= 15 is 0 Å². The van der Waals surface area contributed by atoms with Crippen LogP contribution in [-0.4, -0.2) is 29.1 Å². The molecule has 0 fully saturated rings. The minimum Gasteiger partial charge on any atom is -0.475 e. The van der Waals surface area contributed by atoms with Gasteiger partial charge in [0.15, 0.2) is 0 Å². The molecule has 1 aromatic rings. The number of carboxylic acid groups (broad SMARTS) is 1. The Hall–Kier alpha value is -0.940. The van der Waals surface area contributed by atoms with Gasteiger partial charge in [-0.2, -0.15) is 11.8 Å². The van der Waals surface area contributed by atoms with Gasteiger partial charge in [-0.25, -0.2) is 4.79 Å². The first-order valence-electron chi connectivity index (χ1n) is 5.66. The van der Waals surface area contributed by atoms with Crippen LogP contribution in [0.5, 0.6) is 0 Å². The van der Waals surface area contributed by atoms with Crippen LogP contribution in [0.3, 0.4) is 0 Å². The lowest BCUT2D eigenvalue weighted by Crippen LogP contribution is -2.32. The summed E-state index contributed by atoms with van der Waals surface area (Å²) in [4.78, 5) is 10.7. The predicted octanol–water partition coefficient (Wildman–Crippen LogP) is 2.77. The van der Waals surface area contributed by atoms with Crippen molar-refractivity contribution in [3.8, 4) is 0 Å². The van der Waals surface area contributed by atoms with Crippen LogP contribution < -0.4 is 5.32 Å². The molecule has 4 nitrogen and oxygen atoms in total. The third kappa shape index (κ3) is 4.09. The number of aromatic carboxylic acids is 1. The molecule has 5 heteroatoms. The number of hydrogen-bond donors (Lipinski definition) is 2. The average molecular weight is 257 g/mol. The maximum absolute atomic E-state index is 10.7. The van der Waals surface area contributed by atoms with E-state index in [9.17, 15) is 4.79 Å². The van der Waals surface area contributed by atoms with Crippen molar-refractivity contribution in [2.45, 2.75) is 32.4 Å². The molecule has 0 aliphatic rings. The fourth-order valence-electron chi connectivity index (χ4n) is 1.62. The molecule has 1 heterocycles. The second-order valence-electron chi connectivity index (χ2n) is 3.96. The van der Waals surface area contributed by atoms with Crippen LogP contribution >= 0.6 is 11.8 Å². The molecular formula is C12H19NO3S. The van der Waals surface area contributed by atoms with E-state index in [0.717, 1.165) is 12.2 Å². The Morgan fingerprint density at radius 2 is 2.29 bits per heavy atom. The lowest BCUT2D eigenvalue weighted by molar-refractivity contribution is 0.0659. The van der Waals surface area contributed by atoms with E-state index in [-0.39, 0.29) is 11.8 Å². The Bertz CT molecular complexity index is 364. The van der Waals surface area contributed by atoms with E-state index in [4.69, 9.17) is 9.52 Å². The van der Waals surface area contributed by atoms with Crippen LogP contribution in [0.25, 0.3) is 0 Å². The molecule has 96 valence electrons. The van der Waals surface area contributed by atoms with Crippen molar-refractivity contribution in [1.29, 1.82) is 0 Å². The summed E-state index contributed by atoms with van der Waals surface area (Å²) in [6.45, 7) is 4.11. The number of carbonyl (C=O) groups is 1. The summed E-state index contributed by atoms with van der Waals surface area (Å²) in [5.41, 5.74) is 0. The molecule has 0 aliphatic carbocycles. The van der Waals surface area contributed by atoms with Crippen LogP contribution in [0.2, 0.25) is 0 Å². The van der Waals surface area contributed by atoms with Gasteiger partial charge in [-0.1, -0.05) is 6.92 Å². The molecule has 0 amide bonds. The Balaban J connectivity index is 2.61. The number of thioether (sulfide) groups is 1. The lowest BCUT2D eigenvalue weighted by atomic mass is 10.2. The summed E-state index contributed by atoms with van der Waals surface area (Å²) in [7, 11) is 0. The molecule has 0 aromatic carbocycles. The molecule has 2 unspecified atom stereocenters. The normalized spacial score (nSPS) is 14.5. The van der Waals surface area contributed by atoms with E-state index in [1.54, 1.807) is 17.8 Å². The standard InChI is InChI=1S/C12H19NO3S/c1-4-9(7-17-3)13-8(2)10-5-6-11(16-10)12(14)15/h5-6,8-9,13H,4,7H2,1-3H3,(H,14,15). The highest BCUT2D eigenvalue weighted by Crippen LogP contribution is 2.18. The smallest absolute Gasteiger partial charge is 0.371 e. The van der Waals surface area contributed by atoms with Crippen molar-refractivity contribution in [2.75, 3.05) is 12.0 Å². The zero-order valence-electron chi connectivity index (χ0n) is 10.4. The van der Waals surface area contributed by atoms with Crippen LogP contribution in [0.1, 0.15) is 42.6 Å². The van der Waals surface area contributed by atoms with Crippen LogP contribution in [0.4, 0.5) is 0 Å². The molecule has 0 aliphatic heterocycles. The highest BCUT2D eigenvalue weighted by molar-refractivity contribution is 7.98. The minimum atomic E-state index is -1.03. The third-order valence-corrected chi connectivity index (χ3v) is 3.35. The van der Waals surface area contributed by atoms with Gasteiger partial charge in [-0.05, 0) is 31.7 Å². The van der Waals surface area contributed by atoms with E-state index in [1.807, 2.05) is 6.92 Å². The number of rotatable bonds is 7. The van der Waals surface area contributed by atoms with Gasteiger partial charge < -0.3 is 14.8 Å². The Morgan fingerprint density at radius 3 is 2.76 bits per heavy atom. The van der Waals surface area contributed by atoms with Gasteiger partial charge in [0, 0.05) is 11.8 Å². The summed E-state index contributed by atoms with van der Waals surface area (Å²) >= 11 is 1.79. The number of hydrogen-bond acceptors (Lipinski definition) is 4. The topological polar surface area (TPSA) is 62.5 Å². The fourth-order valence-corrected chi connectivity index (χ4v) is 2.36. The molecule has 2 atom stereocenters. The van der Waals surface area contributed by atoms with Crippen molar-refractivity contribution in [3.05, 3.63) is 23.7 Å². The van der Waals surface area contributed by atoms with Crippen LogP contribution in [-0.2, 0) is 0 Å².